The number of carbonyl (C=O) groups is 4. The molecule has 0 radical (unpaired) electrons. The number of fused-ring (bicyclic) bond motifs is 2. The maximum atomic E-state index is 14.4. The molecule has 1 saturated heterocycles. The smallest absolute Gasteiger partial charge is 0.329 e. The lowest BCUT2D eigenvalue weighted by Crippen LogP contribution is -2.64. The Kier molecular flexibility index (Phi) is 8.16. The van der Waals surface area contributed by atoms with E-state index in [0.717, 1.165) is 0 Å². The number of benzene rings is 3. The largest absolute Gasteiger partial charge is 0.480 e. The van der Waals surface area contributed by atoms with Crippen molar-refractivity contribution in [1.29, 1.82) is 0 Å². The van der Waals surface area contributed by atoms with Gasteiger partial charge in [-0.25, -0.2) is 14.4 Å². The van der Waals surface area contributed by atoms with Crippen molar-refractivity contribution in [2.24, 2.45) is 5.92 Å². The van der Waals surface area contributed by atoms with E-state index in [0.29, 0.717) is 32.7 Å². The van der Waals surface area contributed by atoms with Crippen LogP contribution >= 0.6 is 23.2 Å². The van der Waals surface area contributed by atoms with Gasteiger partial charge in [0.2, 0.25) is 0 Å². The van der Waals surface area contributed by atoms with Crippen LogP contribution in [-0.4, -0.2) is 70.4 Å². The van der Waals surface area contributed by atoms with E-state index in [1.807, 2.05) is 24.3 Å². The lowest BCUT2D eigenvalue weighted by molar-refractivity contribution is -0.143. The standard InChI is InChI=1S/C33H28Cl2N4O5/c34-23-11-3-7-15-27(23)39(28-16-8-4-12-24(28)35)32(43)36-17-18-37(29(20-36)31(41)42)33(44)38-25-13-5-1-9-21(25)19-30(40)22-10-2-6-14-26(22)38/h1-16,21,25,29H,17-20H2,(H,41,42)/t21?,25?,29-/m0/s1. The Morgan fingerprint density at radius 2 is 1.43 bits per heavy atom. The van der Waals surface area contributed by atoms with E-state index in [2.05, 4.69) is 0 Å². The molecular formula is C33H28Cl2N4O5. The van der Waals surface area contributed by atoms with E-state index < -0.39 is 30.1 Å². The van der Waals surface area contributed by atoms with Gasteiger partial charge in [0.25, 0.3) is 0 Å². The number of halogens is 2. The Bertz CT molecular complexity index is 1660. The number of carboxylic acid groups (broad SMARTS) is 1. The fourth-order valence-electron chi connectivity index (χ4n) is 6.02. The van der Waals surface area contributed by atoms with Crippen molar-refractivity contribution in [2.45, 2.75) is 18.5 Å². The Morgan fingerprint density at radius 3 is 2.09 bits per heavy atom. The maximum absolute atomic E-state index is 14.4. The van der Waals surface area contributed by atoms with Crippen LogP contribution in [0.15, 0.2) is 97.1 Å². The first-order valence-corrected chi connectivity index (χ1v) is 14.9. The highest BCUT2D eigenvalue weighted by Crippen LogP contribution is 2.38. The van der Waals surface area contributed by atoms with Crippen molar-refractivity contribution in [3.63, 3.8) is 0 Å². The van der Waals surface area contributed by atoms with Crippen molar-refractivity contribution in [3.05, 3.63) is 113 Å². The van der Waals surface area contributed by atoms with Gasteiger partial charge in [0.05, 0.1) is 39.7 Å². The van der Waals surface area contributed by atoms with Gasteiger partial charge >= 0.3 is 18.0 Å². The van der Waals surface area contributed by atoms with Crippen LogP contribution in [0.2, 0.25) is 10.0 Å². The summed E-state index contributed by atoms with van der Waals surface area (Å²) >= 11 is 13.0. The van der Waals surface area contributed by atoms with Crippen LogP contribution in [0.4, 0.5) is 26.7 Å². The maximum Gasteiger partial charge on any atom is 0.329 e. The predicted molar refractivity (Wildman–Crippen MR) is 169 cm³/mol. The van der Waals surface area contributed by atoms with Crippen LogP contribution in [0.25, 0.3) is 0 Å². The lowest BCUT2D eigenvalue weighted by Gasteiger charge is -2.44. The number of piperazine rings is 1. The molecule has 9 nitrogen and oxygen atoms in total. The van der Waals surface area contributed by atoms with Crippen molar-refractivity contribution in [3.8, 4) is 0 Å². The third kappa shape index (κ3) is 5.33. The van der Waals surface area contributed by atoms with E-state index in [1.54, 1.807) is 72.8 Å². The van der Waals surface area contributed by atoms with Crippen LogP contribution < -0.4 is 9.80 Å². The van der Waals surface area contributed by atoms with Gasteiger partial charge in [0.15, 0.2) is 5.78 Å². The summed E-state index contributed by atoms with van der Waals surface area (Å²) < 4.78 is 0. The molecule has 2 aliphatic heterocycles. The molecule has 1 aliphatic carbocycles. The summed E-state index contributed by atoms with van der Waals surface area (Å²) in [7, 11) is 0. The minimum Gasteiger partial charge on any atom is -0.480 e. The van der Waals surface area contributed by atoms with Gasteiger partial charge in [-0.1, -0.05) is 83.9 Å². The van der Waals surface area contributed by atoms with E-state index >= 15 is 0 Å². The second kappa shape index (κ2) is 12.2. The molecule has 3 aromatic carbocycles. The second-order valence-electron chi connectivity index (χ2n) is 10.7. The van der Waals surface area contributed by atoms with Gasteiger partial charge in [-0.2, -0.15) is 0 Å². The number of ketones is 1. The zero-order valence-corrected chi connectivity index (χ0v) is 24.9. The highest BCUT2D eigenvalue weighted by atomic mass is 35.5. The third-order valence-electron chi connectivity index (χ3n) is 8.17. The van der Waals surface area contributed by atoms with Gasteiger partial charge in [0.1, 0.15) is 6.04 Å². The molecule has 2 unspecified atom stereocenters. The molecule has 2 heterocycles. The van der Waals surface area contributed by atoms with E-state index in [9.17, 15) is 24.3 Å². The predicted octanol–water partition coefficient (Wildman–Crippen LogP) is 6.65. The monoisotopic (exact) mass is 630 g/mol. The molecule has 6 rings (SSSR count). The molecule has 224 valence electrons. The third-order valence-corrected chi connectivity index (χ3v) is 8.80. The van der Waals surface area contributed by atoms with Gasteiger partial charge in [-0.15, -0.1) is 0 Å². The number of hydrogen-bond donors (Lipinski definition) is 1. The Hall–Kier alpha value is -4.60. The molecule has 0 bridgehead atoms. The average Bonchev–Trinajstić information content (AvgIpc) is 3.16. The number of carbonyl (C=O) groups excluding carboxylic acids is 3. The lowest BCUT2D eigenvalue weighted by atomic mass is 9.90. The molecule has 44 heavy (non-hydrogen) atoms. The summed E-state index contributed by atoms with van der Waals surface area (Å²) in [5.74, 6) is -1.61. The summed E-state index contributed by atoms with van der Waals surface area (Å²) in [5, 5.41) is 11.0. The van der Waals surface area contributed by atoms with Crippen LogP contribution in [-0.2, 0) is 4.79 Å². The van der Waals surface area contributed by atoms with E-state index in [1.165, 1.54) is 19.6 Å². The number of urea groups is 2. The first-order valence-electron chi connectivity index (χ1n) is 14.1. The number of aliphatic carboxylic acids is 1. The van der Waals surface area contributed by atoms with Crippen LogP contribution in [0, 0.1) is 5.92 Å². The average molecular weight is 632 g/mol. The molecule has 4 amide bonds. The summed E-state index contributed by atoms with van der Waals surface area (Å²) in [6, 6.07) is 17.6. The number of Topliss-reactive ketones (excluding diaryl/α,β-unsaturated/α-hetero) is 1. The molecular weight excluding hydrogens is 603 g/mol. The van der Waals surface area contributed by atoms with Crippen molar-refractivity contribution in [1.82, 2.24) is 9.80 Å². The normalized spacial score (nSPS) is 20.9. The first kappa shape index (κ1) is 29.5. The molecule has 3 aliphatic rings. The number of nitrogens with zero attached hydrogens (tertiary/aromatic N) is 4. The number of hydrogen-bond acceptors (Lipinski definition) is 4. The zero-order valence-electron chi connectivity index (χ0n) is 23.4. The molecule has 0 aromatic heterocycles. The van der Waals surface area contributed by atoms with Crippen molar-refractivity contribution < 1.29 is 24.3 Å². The number of carboxylic acids is 1. The van der Waals surface area contributed by atoms with Crippen molar-refractivity contribution >= 4 is 64.1 Å². The molecule has 0 saturated carbocycles. The number of anilines is 3. The van der Waals surface area contributed by atoms with Crippen LogP contribution in [0.5, 0.6) is 0 Å². The first-order chi connectivity index (χ1) is 21.3. The highest BCUT2D eigenvalue weighted by Gasteiger charge is 2.44. The number of amides is 4. The summed E-state index contributed by atoms with van der Waals surface area (Å²) in [4.78, 5) is 59.9. The minimum atomic E-state index is -1.35. The molecule has 11 heteroatoms. The van der Waals surface area contributed by atoms with E-state index in [-0.39, 0.29) is 37.8 Å². The quantitative estimate of drug-likeness (QED) is 0.349. The SMILES string of the molecule is O=C1CC2C=CC=CC2N(C(=O)N2CCN(C(=O)N(c3ccccc3Cl)c3ccccc3Cl)C[C@H]2C(=O)O)c2ccccc21. The number of rotatable bonds is 3. The highest BCUT2D eigenvalue weighted by molar-refractivity contribution is 6.36. The molecule has 3 aromatic rings. The summed E-state index contributed by atoms with van der Waals surface area (Å²) in [5.41, 5.74) is 1.60. The number of para-hydroxylation sites is 3. The van der Waals surface area contributed by atoms with Crippen LogP contribution in [0.3, 0.4) is 0 Å². The van der Waals surface area contributed by atoms with Gasteiger partial charge in [-0.05, 0) is 36.4 Å². The second-order valence-corrected chi connectivity index (χ2v) is 11.5. The Morgan fingerprint density at radius 1 is 0.818 bits per heavy atom. The van der Waals surface area contributed by atoms with E-state index in [4.69, 9.17) is 23.2 Å². The fourth-order valence-corrected chi connectivity index (χ4v) is 6.46. The minimum absolute atomic E-state index is 0.0516. The Balaban J connectivity index is 1.33. The number of allylic oxidation sites excluding steroid dienone is 2. The zero-order chi connectivity index (χ0) is 31.0. The summed E-state index contributed by atoms with van der Waals surface area (Å²) in [6.07, 6.45) is 7.65. The molecule has 3 atom stereocenters. The van der Waals surface area contributed by atoms with Crippen molar-refractivity contribution in [2.75, 3.05) is 29.4 Å². The Labute approximate surface area is 264 Å². The topological polar surface area (TPSA) is 101 Å². The molecule has 1 fully saturated rings. The molecule has 1 N–H and O–H groups in total. The fraction of sp³-hybridized carbons (Fsp3) is 0.212. The van der Waals surface area contributed by atoms with Gasteiger partial charge in [0, 0.05) is 31.0 Å². The van der Waals surface area contributed by atoms with Gasteiger partial charge < -0.3 is 14.9 Å². The van der Waals surface area contributed by atoms with Crippen LogP contribution in [0.1, 0.15) is 16.8 Å². The summed E-state index contributed by atoms with van der Waals surface area (Å²) in [6.45, 7) is -0.272. The van der Waals surface area contributed by atoms with Gasteiger partial charge in [-0.3, -0.25) is 14.6 Å². The molecule has 0 spiro atoms.